The first-order chi connectivity index (χ1) is 8.79. The second-order valence-electron chi connectivity index (χ2n) is 4.31. The van der Waals surface area contributed by atoms with Crippen LogP contribution in [0.15, 0.2) is 48.5 Å². The van der Waals surface area contributed by atoms with Gasteiger partial charge in [0.25, 0.3) is 0 Å². The number of para-hydroxylation sites is 2. The van der Waals surface area contributed by atoms with Crippen LogP contribution in [0.5, 0.6) is 0 Å². The molecular formula is C15H15N3. The van der Waals surface area contributed by atoms with Crippen LogP contribution in [-0.4, -0.2) is 9.55 Å². The fraction of sp³-hybridized carbons (Fsp3) is 0.133. The van der Waals surface area contributed by atoms with Crippen molar-refractivity contribution in [1.82, 2.24) is 9.55 Å². The number of aromatic nitrogens is 2. The molecule has 0 aliphatic heterocycles. The zero-order valence-electron chi connectivity index (χ0n) is 10.3. The van der Waals surface area contributed by atoms with E-state index in [2.05, 4.69) is 36.2 Å². The number of fused-ring (bicyclic) bond motifs is 1. The molecule has 1 heterocycles. The van der Waals surface area contributed by atoms with Gasteiger partial charge in [-0.2, -0.15) is 0 Å². The molecule has 2 N–H and O–H groups in total. The third-order valence-electron chi connectivity index (χ3n) is 3.19. The van der Waals surface area contributed by atoms with E-state index in [1.807, 2.05) is 28.8 Å². The predicted octanol–water partition coefficient (Wildman–Crippen LogP) is 3.17. The summed E-state index contributed by atoms with van der Waals surface area (Å²) in [5.74, 6) is 0.528. The number of imidazole rings is 1. The smallest absolute Gasteiger partial charge is 0.205 e. The van der Waals surface area contributed by atoms with Crippen molar-refractivity contribution >= 4 is 17.0 Å². The summed E-state index contributed by atoms with van der Waals surface area (Å²) in [6, 6.07) is 16.4. The van der Waals surface area contributed by atoms with E-state index in [1.54, 1.807) is 0 Å². The molecule has 3 rings (SSSR count). The standard InChI is InChI=1S/C15H15N3/c1-2-11-7-9-12(10-8-11)18-14-6-4-3-5-13(14)17-15(18)16/h3-10H,2H2,1H3,(H2,16,17). The van der Waals surface area contributed by atoms with Gasteiger partial charge in [-0.25, -0.2) is 4.98 Å². The monoisotopic (exact) mass is 237 g/mol. The van der Waals surface area contributed by atoms with Crippen LogP contribution in [0.4, 0.5) is 5.95 Å². The molecule has 0 amide bonds. The maximum Gasteiger partial charge on any atom is 0.205 e. The Morgan fingerprint density at radius 2 is 1.78 bits per heavy atom. The van der Waals surface area contributed by atoms with Crippen molar-refractivity contribution in [1.29, 1.82) is 0 Å². The van der Waals surface area contributed by atoms with E-state index in [1.165, 1.54) is 5.56 Å². The SMILES string of the molecule is CCc1ccc(-n2c(N)nc3ccccc32)cc1. The van der Waals surface area contributed by atoms with Crippen molar-refractivity contribution in [2.45, 2.75) is 13.3 Å². The van der Waals surface area contributed by atoms with E-state index in [9.17, 15) is 0 Å². The number of nitrogens with two attached hydrogens (primary N) is 1. The maximum absolute atomic E-state index is 6.01. The second kappa shape index (κ2) is 4.18. The molecule has 3 nitrogen and oxygen atoms in total. The Kier molecular flexibility index (Phi) is 2.52. The first-order valence-corrected chi connectivity index (χ1v) is 6.12. The summed E-state index contributed by atoms with van der Waals surface area (Å²) < 4.78 is 1.98. The van der Waals surface area contributed by atoms with Gasteiger partial charge in [0.05, 0.1) is 11.0 Å². The van der Waals surface area contributed by atoms with Crippen molar-refractivity contribution in [3.63, 3.8) is 0 Å². The topological polar surface area (TPSA) is 43.8 Å². The Morgan fingerprint density at radius 3 is 2.50 bits per heavy atom. The fourth-order valence-corrected chi connectivity index (χ4v) is 2.20. The Morgan fingerprint density at radius 1 is 1.06 bits per heavy atom. The minimum atomic E-state index is 0.528. The number of rotatable bonds is 2. The van der Waals surface area contributed by atoms with Crippen molar-refractivity contribution in [3.8, 4) is 5.69 Å². The lowest BCUT2D eigenvalue weighted by molar-refractivity contribution is 1.09. The Labute approximate surface area is 106 Å². The lowest BCUT2D eigenvalue weighted by Gasteiger charge is -2.07. The van der Waals surface area contributed by atoms with E-state index in [0.717, 1.165) is 23.1 Å². The molecule has 0 saturated carbocycles. The minimum Gasteiger partial charge on any atom is -0.369 e. The molecule has 0 unspecified atom stereocenters. The molecule has 0 aliphatic carbocycles. The van der Waals surface area contributed by atoms with Crippen molar-refractivity contribution in [2.24, 2.45) is 0 Å². The number of nitrogens with zero attached hydrogens (tertiary/aromatic N) is 2. The van der Waals surface area contributed by atoms with Crippen molar-refractivity contribution in [2.75, 3.05) is 5.73 Å². The fourth-order valence-electron chi connectivity index (χ4n) is 2.20. The summed E-state index contributed by atoms with van der Waals surface area (Å²) in [5, 5.41) is 0. The summed E-state index contributed by atoms with van der Waals surface area (Å²) in [6.45, 7) is 2.15. The molecule has 18 heavy (non-hydrogen) atoms. The van der Waals surface area contributed by atoms with Crippen molar-refractivity contribution in [3.05, 3.63) is 54.1 Å². The molecular weight excluding hydrogens is 222 g/mol. The number of benzene rings is 2. The van der Waals surface area contributed by atoms with Gasteiger partial charge in [-0.05, 0) is 36.2 Å². The molecule has 0 bridgehead atoms. The van der Waals surface area contributed by atoms with Crippen LogP contribution in [0, 0.1) is 0 Å². The first kappa shape index (κ1) is 10.8. The zero-order chi connectivity index (χ0) is 12.5. The van der Waals surface area contributed by atoms with Crippen LogP contribution in [0.1, 0.15) is 12.5 Å². The zero-order valence-corrected chi connectivity index (χ0v) is 10.3. The van der Waals surface area contributed by atoms with E-state index >= 15 is 0 Å². The highest BCUT2D eigenvalue weighted by Crippen LogP contribution is 2.22. The van der Waals surface area contributed by atoms with Gasteiger partial charge in [-0.3, -0.25) is 4.57 Å². The van der Waals surface area contributed by atoms with E-state index in [-0.39, 0.29) is 0 Å². The average Bonchev–Trinajstić information content (AvgIpc) is 2.75. The van der Waals surface area contributed by atoms with Gasteiger partial charge in [-0.15, -0.1) is 0 Å². The number of anilines is 1. The number of hydrogen-bond donors (Lipinski definition) is 1. The highest BCUT2D eigenvalue weighted by atomic mass is 15.2. The average molecular weight is 237 g/mol. The molecule has 0 aliphatic rings. The second-order valence-corrected chi connectivity index (χ2v) is 4.31. The molecule has 3 aromatic rings. The van der Waals surface area contributed by atoms with Gasteiger partial charge in [0.1, 0.15) is 0 Å². The highest BCUT2D eigenvalue weighted by Gasteiger charge is 2.08. The summed E-state index contributed by atoms with van der Waals surface area (Å²) in [7, 11) is 0. The van der Waals surface area contributed by atoms with Gasteiger partial charge < -0.3 is 5.73 Å². The predicted molar refractivity (Wildman–Crippen MR) is 74.9 cm³/mol. The number of hydrogen-bond acceptors (Lipinski definition) is 2. The molecule has 0 saturated heterocycles. The van der Waals surface area contributed by atoms with Gasteiger partial charge in [0.15, 0.2) is 0 Å². The highest BCUT2D eigenvalue weighted by molar-refractivity contribution is 5.80. The Bertz CT molecular complexity index is 681. The number of aryl methyl sites for hydroxylation is 1. The van der Waals surface area contributed by atoms with E-state index < -0.39 is 0 Å². The van der Waals surface area contributed by atoms with Crippen molar-refractivity contribution < 1.29 is 0 Å². The van der Waals surface area contributed by atoms with E-state index in [4.69, 9.17) is 5.73 Å². The minimum absolute atomic E-state index is 0.528. The van der Waals surface area contributed by atoms with Gasteiger partial charge >= 0.3 is 0 Å². The lowest BCUT2D eigenvalue weighted by atomic mass is 10.1. The third-order valence-corrected chi connectivity index (χ3v) is 3.19. The molecule has 0 atom stereocenters. The molecule has 90 valence electrons. The maximum atomic E-state index is 6.01. The van der Waals surface area contributed by atoms with Crippen LogP contribution in [0.3, 0.4) is 0 Å². The summed E-state index contributed by atoms with van der Waals surface area (Å²) in [4.78, 5) is 4.37. The number of nitrogen functional groups attached to an aromatic ring is 1. The molecule has 2 aromatic carbocycles. The Balaban J connectivity index is 2.20. The summed E-state index contributed by atoms with van der Waals surface area (Å²) in [6.07, 6.45) is 1.04. The molecule has 0 radical (unpaired) electrons. The van der Waals surface area contributed by atoms with Crippen LogP contribution >= 0.6 is 0 Å². The van der Waals surface area contributed by atoms with E-state index in [0.29, 0.717) is 5.95 Å². The third kappa shape index (κ3) is 1.64. The molecule has 0 fully saturated rings. The van der Waals surface area contributed by atoms with Gasteiger partial charge in [0, 0.05) is 5.69 Å². The quantitative estimate of drug-likeness (QED) is 0.744. The molecule has 0 spiro atoms. The first-order valence-electron chi connectivity index (χ1n) is 6.12. The van der Waals surface area contributed by atoms with Crippen LogP contribution in [0.2, 0.25) is 0 Å². The summed E-state index contributed by atoms with van der Waals surface area (Å²) in [5.41, 5.74) is 10.3. The lowest BCUT2D eigenvalue weighted by Crippen LogP contribution is -2.00. The normalized spacial score (nSPS) is 10.9. The summed E-state index contributed by atoms with van der Waals surface area (Å²) >= 11 is 0. The Hall–Kier alpha value is -2.29. The largest absolute Gasteiger partial charge is 0.369 e. The van der Waals surface area contributed by atoms with Crippen LogP contribution < -0.4 is 5.73 Å². The molecule has 1 aromatic heterocycles. The van der Waals surface area contributed by atoms with Crippen LogP contribution in [-0.2, 0) is 6.42 Å². The van der Waals surface area contributed by atoms with Crippen LogP contribution in [0.25, 0.3) is 16.7 Å². The van der Waals surface area contributed by atoms with Gasteiger partial charge in [0.2, 0.25) is 5.95 Å². The molecule has 3 heteroatoms. The van der Waals surface area contributed by atoms with Gasteiger partial charge in [-0.1, -0.05) is 31.2 Å².